The van der Waals surface area contributed by atoms with Gasteiger partial charge in [-0.3, -0.25) is 0 Å². The Morgan fingerprint density at radius 3 is 2.47 bits per heavy atom. The number of hydrogen-bond acceptors (Lipinski definition) is 1. The second kappa shape index (κ2) is 6.24. The number of aryl methyl sites for hydroxylation is 1. The van der Waals surface area contributed by atoms with E-state index in [9.17, 15) is 5.11 Å². The third-order valence-corrected chi connectivity index (χ3v) is 3.47. The van der Waals surface area contributed by atoms with E-state index in [2.05, 4.69) is 38.1 Å². The molecule has 1 nitrogen and oxygen atoms in total. The molecule has 19 heavy (non-hydrogen) atoms. The van der Waals surface area contributed by atoms with Gasteiger partial charge in [-0.15, -0.1) is 0 Å². The van der Waals surface area contributed by atoms with Crippen molar-refractivity contribution in [1.82, 2.24) is 0 Å². The molecule has 0 aromatic heterocycles. The van der Waals surface area contributed by atoms with Crippen LogP contribution in [0.25, 0.3) is 11.1 Å². The smallest absolute Gasteiger partial charge is 0.118 e. The van der Waals surface area contributed by atoms with Crippen LogP contribution in [0.5, 0.6) is 5.75 Å². The van der Waals surface area contributed by atoms with E-state index in [1.807, 2.05) is 24.3 Å². The summed E-state index contributed by atoms with van der Waals surface area (Å²) in [5, 5.41) is 9.95. The number of rotatable bonds is 4. The average molecular weight is 252 g/mol. The fourth-order valence-electron chi connectivity index (χ4n) is 2.07. The highest BCUT2D eigenvalue weighted by atomic mass is 16.3. The third kappa shape index (κ3) is 3.47. The zero-order chi connectivity index (χ0) is 13.7. The standard InChI is InChI=1S/C18H20O/c1-3-14(2)9-10-17-13-16(11-12-18(17)19)15-7-5-4-6-8-15/h3-8,11-13,19H,9-10H2,1-2H3/b14-3+. The van der Waals surface area contributed by atoms with Gasteiger partial charge in [-0.2, -0.15) is 0 Å². The van der Waals surface area contributed by atoms with Crippen molar-refractivity contribution in [1.29, 1.82) is 0 Å². The van der Waals surface area contributed by atoms with Crippen molar-refractivity contribution in [2.24, 2.45) is 0 Å². The fraction of sp³-hybridized carbons (Fsp3) is 0.222. The minimum atomic E-state index is 0.392. The Morgan fingerprint density at radius 2 is 1.79 bits per heavy atom. The van der Waals surface area contributed by atoms with Crippen LogP contribution in [-0.4, -0.2) is 5.11 Å². The molecule has 0 aliphatic rings. The maximum Gasteiger partial charge on any atom is 0.118 e. The Hall–Kier alpha value is -2.02. The Kier molecular flexibility index (Phi) is 4.40. The van der Waals surface area contributed by atoms with Crippen LogP contribution in [0.3, 0.4) is 0 Å². The second-order valence-corrected chi connectivity index (χ2v) is 4.84. The van der Waals surface area contributed by atoms with E-state index in [1.54, 1.807) is 6.07 Å². The summed E-state index contributed by atoms with van der Waals surface area (Å²) >= 11 is 0. The summed E-state index contributed by atoms with van der Waals surface area (Å²) in [5.74, 6) is 0.392. The second-order valence-electron chi connectivity index (χ2n) is 4.84. The molecular weight excluding hydrogens is 232 g/mol. The lowest BCUT2D eigenvalue weighted by atomic mass is 9.99. The molecule has 0 aliphatic heterocycles. The molecule has 0 aliphatic carbocycles. The highest BCUT2D eigenvalue weighted by molar-refractivity contribution is 5.65. The first-order chi connectivity index (χ1) is 9.20. The van der Waals surface area contributed by atoms with Crippen LogP contribution in [0.2, 0.25) is 0 Å². The minimum Gasteiger partial charge on any atom is -0.508 e. The molecule has 1 N–H and O–H groups in total. The number of phenolic OH excluding ortho intramolecular Hbond substituents is 1. The third-order valence-electron chi connectivity index (χ3n) is 3.47. The normalized spacial score (nSPS) is 11.6. The van der Waals surface area contributed by atoms with Gasteiger partial charge in [-0.25, -0.2) is 0 Å². The summed E-state index contributed by atoms with van der Waals surface area (Å²) in [6.07, 6.45) is 3.99. The quantitative estimate of drug-likeness (QED) is 0.763. The van der Waals surface area contributed by atoms with E-state index in [1.165, 1.54) is 11.1 Å². The molecule has 0 heterocycles. The van der Waals surface area contributed by atoms with Crippen molar-refractivity contribution in [3.63, 3.8) is 0 Å². The molecule has 98 valence electrons. The molecule has 1 heteroatoms. The van der Waals surface area contributed by atoms with E-state index in [4.69, 9.17) is 0 Å². The topological polar surface area (TPSA) is 20.2 Å². The first-order valence-corrected chi connectivity index (χ1v) is 6.70. The largest absolute Gasteiger partial charge is 0.508 e. The van der Waals surface area contributed by atoms with Crippen molar-refractivity contribution in [2.45, 2.75) is 26.7 Å². The van der Waals surface area contributed by atoms with Crippen molar-refractivity contribution >= 4 is 0 Å². The molecule has 2 aromatic carbocycles. The first kappa shape index (κ1) is 13.4. The summed E-state index contributed by atoms with van der Waals surface area (Å²) in [6, 6.07) is 16.1. The molecule has 2 rings (SSSR count). The molecule has 0 unspecified atom stereocenters. The van der Waals surface area contributed by atoms with E-state index in [0.717, 1.165) is 24.0 Å². The van der Waals surface area contributed by atoms with E-state index >= 15 is 0 Å². The number of allylic oxidation sites excluding steroid dienone is 2. The van der Waals surface area contributed by atoms with Gasteiger partial charge >= 0.3 is 0 Å². The van der Waals surface area contributed by atoms with Crippen molar-refractivity contribution < 1.29 is 5.11 Å². The highest BCUT2D eigenvalue weighted by Crippen LogP contribution is 2.27. The van der Waals surface area contributed by atoms with Crippen LogP contribution in [-0.2, 0) is 6.42 Å². The maximum atomic E-state index is 9.95. The van der Waals surface area contributed by atoms with E-state index in [-0.39, 0.29) is 0 Å². The zero-order valence-corrected chi connectivity index (χ0v) is 11.6. The molecule has 0 radical (unpaired) electrons. The monoisotopic (exact) mass is 252 g/mol. The number of aromatic hydroxyl groups is 1. The number of hydrogen-bond donors (Lipinski definition) is 1. The fourth-order valence-corrected chi connectivity index (χ4v) is 2.07. The van der Waals surface area contributed by atoms with Crippen LogP contribution in [0, 0.1) is 0 Å². The van der Waals surface area contributed by atoms with Gasteiger partial charge in [-0.05, 0) is 55.5 Å². The summed E-state index contributed by atoms with van der Waals surface area (Å²) in [7, 11) is 0. The summed E-state index contributed by atoms with van der Waals surface area (Å²) in [6.45, 7) is 4.17. The van der Waals surface area contributed by atoms with Crippen LogP contribution < -0.4 is 0 Å². The molecule has 0 fully saturated rings. The zero-order valence-electron chi connectivity index (χ0n) is 11.6. The van der Waals surface area contributed by atoms with Gasteiger partial charge in [0.2, 0.25) is 0 Å². The van der Waals surface area contributed by atoms with Gasteiger partial charge in [0.15, 0.2) is 0 Å². The summed E-state index contributed by atoms with van der Waals surface area (Å²) in [5.41, 5.74) is 4.71. The van der Waals surface area contributed by atoms with Crippen LogP contribution >= 0.6 is 0 Å². The lowest BCUT2D eigenvalue weighted by molar-refractivity contribution is 0.468. The van der Waals surface area contributed by atoms with Gasteiger partial charge in [0.25, 0.3) is 0 Å². The summed E-state index contributed by atoms with van der Waals surface area (Å²) in [4.78, 5) is 0. The molecule has 0 atom stereocenters. The Labute approximate surface area is 115 Å². The number of benzene rings is 2. The molecule has 0 bridgehead atoms. The van der Waals surface area contributed by atoms with E-state index in [0.29, 0.717) is 5.75 Å². The molecular formula is C18H20O. The van der Waals surface area contributed by atoms with Gasteiger partial charge in [0, 0.05) is 0 Å². The SMILES string of the molecule is C/C=C(\C)CCc1cc(-c2ccccc2)ccc1O. The molecule has 0 saturated heterocycles. The van der Waals surface area contributed by atoms with Gasteiger partial charge in [0.1, 0.15) is 5.75 Å². The summed E-state index contributed by atoms with van der Waals surface area (Å²) < 4.78 is 0. The Bertz CT molecular complexity index is 567. The Morgan fingerprint density at radius 1 is 1.05 bits per heavy atom. The van der Waals surface area contributed by atoms with Gasteiger partial charge < -0.3 is 5.11 Å². The lowest BCUT2D eigenvalue weighted by Crippen LogP contribution is -1.89. The van der Waals surface area contributed by atoms with E-state index < -0.39 is 0 Å². The molecule has 0 saturated carbocycles. The van der Waals surface area contributed by atoms with Crippen LogP contribution in [0.4, 0.5) is 0 Å². The van der Waals surface area contributed by atoms with Crippen molar-refractivity contribution in [2.75, 3.05) is 0 Å². The van der Waals surface area contributed by atoms with Crippen LogP contribution in [0.1, 0.15) is 25.8 Å². The molecule has 2 aromatic rings. The van der Waals surface area contributed by atoms with Gasteiger partial charge in [-0.1, -0.05) is 48.0 Å². The van der Waals surface area contributed by atoms with Crippen molar-refractivity contribution in [3.8, 4) is 16.9 Å². The lowest BCUT2D eigenvalue weighted by Gasteiger charge is -2.08. The maximum absolute atomic E-state index is 9.95. The predicted octanol–water partition coefficient (Wildman–Crippen LogP) is 4.96. The first-order valence-electron chi connectivity index (χ1n) is 6.70. The van der Waals surface area contributed by atoms with Gasteiger partial charge in [0.05, 0.1) is 0 Å². The average Bonchev–Trinajstić information content (AvgIpc) is 2.47. The van der Waals surface area contributed by atoms with Crippen molar-refractivity contribution in [3.05, 3.63) is 65.7 Å². The van der Waals surface area contributed by atoms with Crippen LogP contribution in [0.15, 0.2) is 60.2 Å². The molecule has 0 spiro atoms. The minimum absolute atomic E-state index is 0.392. The predicted molar refractivity (Wildman–Crippen MR) is 81.3 cm³/mol. The highest BCUT2D eigenvalue weighted by Gasteiger charge is 2.04. The molecule has 0 amide bonds. The Balaban J connectivity index is 2.25. The number of phenols is 1.